The van der Waals surface area contributed by atoms with Crippen molar-refractivity contribution in [3.05, 3.63) is 35.4 Å². The van der Waals surface area contributed by atoms with E-state index in [1.54, 1.807) is 19.2 Å². The largest absolute Gasteiger partial charge is 0.380 e. The lowest BCUT2D eigenvalue weighted by Gasteiger charge is -2.01. The Balaban J connectivity index is 2.75. The number of hydrazine groups is 1. The van der Waals surface area contributed by atoms with Crippen molar-refractivity contribution >= 4 is 5.91 Å². The van der Waals surface area contributed by atoms with E-state index in [-0.39, 0.29) is 5.91 Å². The van der Waals surface area contributed by atoms with Crippen molar-refractivity contribution in [2.75, 3.05) is 7.11 Å². The molecule has 0 saturated heterocycles. The molecule has 0 heterocycles. The number of benzene rings is 1. The van der Waals surface area contributed by atoms with Crippen LogP contribution in [0.25, 0.3) is 0 Å². The fraction of sp³-hybridized carbons (Fsp3) is 0.222. The summed E-state index contributed by atoms with van der Waals surface area (Å²) in [5.74, 6) is 4.69. The van der Waals surface area contributed by atoms with Gasteiger partial charge in [-0.25, -0.2) is 5.84 Å². The van der Waals surface area contributed by atoms with Crippen LogP contribution >= 0.6 is 0 Å². The predicted molar refractivity (Wildman–Crippen MR) is 48.8 cm³/mol. The maximum atomic E-state index is 11.0. The smallest absolute Gasteiger partial charge is 0.265 e. The van der Waals surface area contributed by atoms with E-state index in [0.29, 0.717) is 12.2 Å². The SMILES string of the molecule is COCc1ccc(C(=O)NN)cc1. The Bertz CT molecular complexity index is 282. The molecular weight excluding hydrogens is 168 g/mol. The molecule has 0 spiro atoms. The molecule has 0 bridgehead atoms. The third-order valence-electron chi connectivity index (χ3n) is 1.66. The number of hydrogen-bond donors (Lipinski definition) is 2. The van der Waals surface area contributed by atoms with E-state index in [9.17, 15) is 4.79 Å². The minimum absolute atomic E-state index is 0.288. The second-order valence-corrected chi connectivity index (χ2v) is 2.60. The van der Waals surface area contributed by atoms with Gasteiger partial charge in [-0.05, 0) is 17.7 Å². The Morgan fingerprint density at radius 2 is 2.08 bits per heavy atom. The quantitative estimate of drug-likeness (QED) is 0.403. The first kappa shape index (κ1) is 9.70. The second kappa shape index (κ2) is 4.59. The average molecular weight is 180 g/mol. The van der Waals surface area contributed by atoms with Gasteiger partial charge in [0.2, 0.25) is 0 Å². The van der Waals surface area contributed by atoms with E-state index in [1.165, 1.54) is 0 Å². The third kappa shape index (κ3) is 2.54. The van der Waals surface area contributed by atoms with Gasteiger partial charge in [0.25, 0.3) is 5.91 Å². The van der Waals surface area contributed by atoms with Crippen LogP contribution in [0.4, 0.5) is 0 Å². The van der Waals surface area contributed by atoms with Gasteiger partial charge in [0.05, 0.1) is 6.61 Å². The van der Waals surface area contributed by atoms with Crippen molar-refractivity contribution in [1.82, 2.24) is 5.43 Å². The summed E-state index contributed by atoms with van der Waals surface area (Å²) in [6.45, 7) is 0.546. The molecule has 1 aromatic carbocycles. The summed E-state index contributed by atoms with van der Waals surface area (Å²) >= 11 is 0. The summed E-state index contributed by atoms with van der Waals surface area (Å²) in [4.78, 5) is 11.0. The first-order valence-corrected chi connectivity index (χ1v) is 3.86. The van der Waals surface area contributed by atoms with Crippen LogP contribution < -0.4 is 11.3 Å². The summed E-state index contributed by atoms with van der Waals surface area (Å²) in [6, 6.07) is 7.06. The Kier molecular flexibility index (Phi) is 3.42. The van der Waals surface area contributed by atoms with Crippen LogP contribution in [0.5, 0.6) is 0 Å². The summed E-state index contributed by atoms with van der Waals surface area (Å²) in [5, 5.41) is 0. The summed E-state index contributed by atoms with van der Waals surface area (Å²) in [7, 11) is 1.63. The molecule has 4 heteroatoms. The molecule has 70 valence electrons. The lowest BCUT2D eigenvalue weighted by molar-refractivity contribution is 0.0953. The highest BCUT2D eigenvalue weighted by Gasteiger charge is 2.01. The highest BCUT2D eigenvalue weighted by molar-refractivity contribution is 5.93. The maximum Gasteiger partial charge on any atom is 0.265 e. The van der Waals surface area contributed by atoms with E-state index < -0.39 is 0 Å². The van der Waals surface area contributed by atoms with Gasteiger partial charge in [0.1, 0.15) is 0 Å². The zero-order chi connectivity index (χ0) is 9.68. The molecule has 0 atom stereocenters. The van der Waals surface area contributed by atoms with Crippen molar-refractivity contribution in [3.63, 3.8) is 0 Å². The van der Waals surface area contributed by atoms with Gasteiger partial charge < -0.3 is 4.74 Å². The molecule has 1 rings (SSSR count). The highest BCUT2D eigenvalue weighted by Crippen LogP contribution is 2.04. The molecule has 0 fully saturated rings. The number of carbonyl (C=O) groups is 1. The van der Waals surface area contributed by atoms with Gasteiger partial charge in [-0.3, -0.25) is 10.2 Å². The van der Waals surface area contributed by atoms with Crippen LogP contribution in [0.15, 0.2) is 24.3 Å². The van der Waals surface area contributed by atoms with Crippen LogP contribution in [0.2, 0.25) is 0 Å². The predicted octanol–water partition coefficient (Wildman–Crippen LogP) is 0.437. The van der Waals surface area contributed by atoms with E-state index in [2.05, 4.69) is 5.43 Å². The van der Waals surface area contributed by atoms with Crippen LogP contribution in [-0.4, -0.2) is 13.0 Å². The normalized spacial score (nSPS) is 9.69. The molecule has 0 aliphatic carbocycles. The number of nitrogen functional groups attached to an aromatic ring is 1. The van der Waals surface area contributed by atoms with E-state index >= 15 is 0 Å². The molecule has 1 aromatic rings. The summed E-state index contributed by atoms with van der Waals surface area (Å²) < 4.78 is 4.93. The van der Waals surface area contributed by atoms with E-state index in [0.717, 1.165) is 5.56 Å². The fourth-order valence-electron chi connectivity index (χ4n) is 1.00. The standard InChI is InChI=1S/C9H12N2O2/c1-13-6-7-2-4-8(5-3-7)9(12)11-10/h2-5H,6,10H2,1H3,(H,11,12). The molecule has 0 unspecified atom stereocenters. The van der Waals surface area contributed by atoms with Gasteiger partial charge in [0.15, 0.2) is 0 Å². The minimum atomic E-state index is -0.288. The zero-order valence-corrected chi connectivity index (χ0v) is 7.41. The minimum Gasteiger partial charge on any atom is -0.380 e. The molecule has 1 amide bonds. The molecule has 0 radical (unpaired) electrons. The molecule has 4 nitrogen and oxygen atoms in total. The lowest BCUT2D eigenvalue weighted by atomic mass is 10.1. The van der Waals surface area contributed by atoms with E-state index in [1.807, 2.05) is 12.1 Å². The number of nitrogens with two attached hydrogens (primary N) is 1. The zero-order valence-electron chi connectivity index (χ0n) is 7.41. The number of hydrogen-bond acceptors (Lipinski definition) is 3. The van der Waals surface area contributed by atoms with E-state index in [4.69, 9.17) is 10.6 Å². The monoisotopic (exact) mass is 180 g/mol. The average Bonchev–Trinajstić information content (AvgIpc) is 2.18. The molecule has 0 aliphatic heterocycles. The second-order valence-electron chi connectivity index (χ2n) is 2.60. The molecular formula is C9H12N2O2. The molecule has 0 aromatic heterocycles. The number of ether oxygens (including phenoxy) is 1. The van der Waals surface area contributed by atoms with Crippen molar-refractivity contribution < 1.29 is 9.53 Å². The van der Waals surface area contributed by atoms with Crippen molar-refractivity contribution in [2.45, 2.75) is 6.61 Å². The van der Waals surface area contributed by atoms with Crippen LogP contribution in [0.1, 0.15) is 15.9 Å². The number of rotatable bonds is 3. The first-order chi connectivity index (χ1) is 6.27. The maximum absolute atomic E-state index is 11.0. The Labute approximate surface area is 76.7 Å². The van der Waals surface area contributed by atoms with Gasteiger partial charge in [-0.1, -0.05) is 12.1 Å². The molecule has 13 heavy (non-hydrogen) atoms. The van der Waals surface area contributed by atoms with Gasteiger partial charge in [-0.15, -0.1) is 0 Å². The molecule has 0 saturated carbocycles. The van der Waals surface area contributed by atoms with Crippen molar-refractivity contribution in [3.8, 4) is 0 Å². The van der Waals surface area contributed by atoms with Gasteiger partial charge in [-0.2, -0.15) is 0 Å². The Hall–Kier alpha value is -1.39. The molecule has 0 aliphatic rings. The number of amides is 1. The third-order valence-corrected chi connectivity index (χ3v) is 1.66. The van der Waals surface area contributed by atoms with Gasteiger partial charge >= 0.3 is 0 Å². The van der Waals surface area contributed by atoms with Crippen molar-refractivity contribution in [2.24, 2.45) is 5.84 Å². The number of nitrogens with one attached hydrogen (secondary N) is 1. The number of carbonyl (C=O) groups excluding carboxylic acids is 1. The van der Waals surface area contributed by atoms with Crippen molar-refractivity contribution in [1.29, 1.82) is 0 Å². The highest BCUT2D eigenvalue weighted by atomic mass is 16.5. The lowest BCUT2D eigenvalue weighted by Crippen LogP contribution is -2.29. The summed E-state index contributed by atoms with van der Waals surface area (Å²) in [5.41, 5.74) is 3.63. The Morgan fingerprint density at radius 3 is 2.54 bits per heavy atom. The summed E-state index contributed by atoms with van der Waals surface area (Å²) in [6.07, 6.45) is 0. The van der Waals surface area contributed by atoms with Crippen LogP contribution in [-0.2, 0) is 11.3 Å². The molecule has 3 N–H and O–H groups in total. The number of methoxy groups -OCH3 is 1. The first-order valence-electron chi connectivity index (χ1n) is 3.86. The fourth-order valence-corrected chi connectivity index (χ4v) is 1.00. The Morgan fingerprint density at radius 1 is 1.46 bits per heavy atom. The van der Waals surface area contributed by atoms with Crippen LogP contribution in [0.3, 0.4) is 0 Å². The van der Waals surface area contributed by atoms with Crippen LogP contribution in [0, 0.1) is 0 Å². The topological polar surface area (TPSA) is 64.3 Å². The van der Waals surface area contributed by atoms with Gasteiger partial charge in [0, 0.05) is 12.7 Å².